The molecule has 10 heteroatoms. The SMILES string of the molecule is NC(=O)c1ncc(N[C@@H]2CCCC[C@@H]2N)nc1Nc1snc2ncccc12. The van der Waals surface area contributed by atoms with Crippen LogP contribution in [-0.4, -0.2) is 37.3 Å². The normalized spacial score (nSPS) is 19.7. The van der Waals surface area contributed by atoms with Gasteiger partial charge >= 0.3 is 0 Å². The first kappa shape index (κ1) is 17.6. The number of amides is 1. The molecule has 3 aromatic heterocycles. The predicted molar refractivity (Wildman–Crippen MR) is 105 cm³/mol. The molecule has 4 rings (SSSR count). The fraction of sp³-hybridized carbons (Fsp3) is 0.353. The fourth-order valence-electron chi connectivity index (χ4n) is 3.24. The molecule has 1 aliphatic rings. The van der Waals surface area contributed by atoms with E-state index in [0.29, 0.717) is 11.5 Å². The highest BCUT2D eigenvalue weighted by Gasteiger charge is 2.23. The van der Waals surface area contributed by atoms with E-state index in [1.54, 1.807) is 6.20 Å². The third-order valence-electron chi connectivity index (χ3n) is 4.65. The molecule has 0 aromatic carbocycles. The predicted octanol–water partition coefficient (Wildman–Crippen LogP) is 2.01. The van der Waals surface area contributed by atoms with Gasteiger partial charge in [-0.15, -0.1) is 0 Å². The monoisotopic (exact) mass is 384 g/mol. The zero-order valence-corrected chi connectivity index (χ0v) is 15.4. The summed E-state index contributed by atoms with van der Waals surface area (Å²) in [5.41, 5.74) is 12.4. The van der Waals surface area contributed by atoms with Gasteiger partial charge in [0.1, 0.15) is 10.8 Å². The van der Waals surface area contributed by atoms with Gasteiger partial charge in [-0.2, -0.15) is 4.37 Å². The van der Waals surface area contributed by atoms with Crippen molar-refractivity contribution < 1.29 is 4.79 Å². The lowest BCUT2D eigenvalue weighted by Gasteiger charge is -2.29. The summed E-state index contributed by atoms with van der Waals surface area (Å²) in [6.45, 7) is 0. The Hall–Kier alpha value is -2.85. The lowest BCUT2D eigenvalue weighted by Crippen LogP contribution is -2.42. The molecule has 1 aliphatic carbocycles. The van der Waals surface area contributed by atoms with Crippen molar-refractivity contribution in [3.05, 3.63) is 30.2 Å². The molecule has 1 amide bonds. The number of hydrogen-bond acceptors (Lipinski definition) is 9. The smallest absolute Gasteiger partial charge is 0.271 e. The van der Waals surface area contributed by atoms with Gasteiger partial charge in [-0.1, -0.05) is 12.8 Å². The van der Waals surface area contributed by atoms with Crippen LogP contribution in [-0.2, 0) is 0 Å². The molecular formula is C17H20N8OS. The van der Waals surface area contributed by atoms with Gasteiger partial charge < -0.3 is 22.1 Å². The number of nitrogens with one attached hydrogen (secondary N) is 2. The van der Waals surface area contributed by atoms with Gasteiger partial charge in [-0.25, -0.2) is 15.0 Å². The Balaban J connectivity index is 1.64. The van der Waals surface area contributed by atoms with E-state index in [4.69, 9.17) is 11.5 Å². The summed E-state index contributed by atoms with van der Waals surface area (Å²) in [7, 11) is 0. The molecule has 140 valence electrons. The summed E-state index contributed by atoms with van der Waals surface area (Å²) >= 11 is 1.24. The maximum Gasteiger partial charge on any atom is 0.271 e. The van der Waals surface area contributed by atoms with Crippen LogP contribution in [0.1, 0.15) is 36.2 Å². The molecule has 3 heterocycles. The number of carbonyl (C=O) groups excluding carboxylic acids is 1. The molecule has 3 aromatic rings. The first-order valence-corrected chi connectivity index (χ1v) is 9.55. The molecule has 1 saturated carbocycles. The topological polar surface area (TPSA) is 145 Å². The molecule has 0 spiro atoms. The van der Waals surface area contributed by atoms with Crippen LogP contribution in [0.5, 0.6) is 0 Å². The van der Waals surface area contributed by atoms with Crippen LogP contribution in [0.2, 0.25) is 0 Å². The average molecular weight is 384 g/mol. The number of aromatic nitrogens is 4. The third-order valence-corrected chi connectivity index (χ3v) is 5.41. The van der Waals surface area contributed by atoms with Gasteiger partial charge in [-0.3, -0.25) is 4.79 Å². The van der Waals surface area contributed by atoms with E-state index in [1.807, 2.05) is 12.1 Å². The van der Waals surface area contributed by atoms with Crippen molar-refractivity contribution in [3.63, 3.8) is 0 Å². The van der Waals surface area contributed by atoms with Crippen LogP contribution in [0.25, 0.3) is 11.0 Å². The molecule has 0 unspecified atom stereocenters. The van der Waals surface area contributed by atoms with Crippen LogP contribution >= 0.6 is 11.5 Å². The molecular weight excluding hydrogens is 364 g/mol. The number of nitrogens with two attached hydrogens (primary N) is 2. The van der Waals surface area contributed by atoms with Gasteiger partial charge in [0.25, 0.3) is 5.91 Å². The minimum Gasteiger partial charge on any atom is -0.364 e. The summed E-state index contributed by atoms with van der Waals surface area (Å²) in [4.78, 5) is 24.7. The van der Waals surface area contributed by atoms with E-state index in [-0.39, 0.29) is 23.6 Å². The van der Waals surface area contributed by atoms with Crippen molar-refractivity contribution in [1.29, 1.82) is 0 Å². The van der Waals surface area contributed by atoms with Crippen LogP contribution in [0.3, 0.4) is 0 Å². The van der Waals surface area contributed by atoms with Crippen LogP contribution in [0, 0.1) is 0 Å². The van der Waals surface area contributed by atoms with Crippen molar-refractivity contribution in [3.8, 4) is 0 Å². The Morgan fingerprint density at radius 3 is 2.93 bits per heavy atom. The third kappa shape index (κ3) is 3.67. The van der Waals surface area contributed by atoms with E-state index < -0.39 is 5.91 Å². The highest BCUT2D eigenvalue weighted by molar-refractivity contribution is 7.11. The summed E-state index contributed by atoms with van der Waals surface area (Å²) < 4.78 is 4.29. The van der Waals surface area contributed by atoms with Gasteiger partial charge in [-0.05, 0) is 36.5 Å². The molecule has 1 fully saturated rings. The summed E-state index contributed by atoms with van der Waals surface area (Å²) in [5.74, 6) is 0.181. The van der Waals surface area contributed by atoms with E-state index in [2.05, 4.69) is 30.0 Å². The maximum atomic E-state index is 11.8. The number of carbonyl (C=O) groups is 1. The minimum absolute atomic E-state index is 0.0685. The molecule has 6 N–H and O–H groups in total. The number of rotatable bonds is 5. The lowest BCUT2D eigenvalue weighted by molar-refractivity contribution is 0.0996. The number of pyridine rings is 1. The molecule has 0 radical (unpaired) electrons. The standard InChI is InChI=1S/C17H20N8OS/c18-10-5-1-2-6-11(10)22-12-8-21-13(14(19)26)16(23-12)24-17-9-4-3-7-20-15(9)25-27-17/h3-4,7-8,10-11H,1-2,5-6,18H2,(H2,19,26)(H2,22,23,24)/t10-,11+/m0/s1. The first-order chi connectivity index (χ1) is 13.1. The Morgan fingerprint density at radius 1 is 1.26 bits per heavy atom. The van der Waals surface area contributed by atoms with E-state index in [0.717, 1.165) is 36.1 Å². The van der Waals surface area contributed by atoms with Gasteiger partial charge in [0.2, 0.25) is 0 Å². The summed E-state index contributed by atoms with van der Waals surface area (Å²) in [6.07, 6.45) is 7.43. The molecule has 0 saturated heterocycles. The number of anilines is 3. The molecule has 9 nitrogen and oxygen atoms in total. The van der Waals surface area contributed by atoms with Gasteiger partial charge in [0, 0.05) is 18.3 Å². The second kappa shape index (κ2) is 7.41. The van der Waals surface area contributed by atoms with Crippen molar-refractivity contribution >= 4 is 45.1 Å². The van der Waals surface area contributed by atoms with E-state index >= 15 is 0 Å². The minimum atomic E-state index is -0.655. The van der Waals surface area contributed by atoms with E-state index in [9.17, 15) is 4.79 Å². The average Bonchev–Trinajstić information content (AvgIpc) is 3.07. The lowest BCUT2D eigenvalue weighted by atomic mass is 9.91. The fourth-order valence-corrected chi connectivity index (χ4v) is 3.96. The maximum absolute atomic E-state index is 11.8. The number of nitrogens with zero attached hydrogens (tertiary/aromatic N) is 4. The van der Waals surface area contributed by atoms with Crippen LogP contribution in [0.15, 0.2) is 24.5 Å². The summed E-state index contributed by atoms with van der Waals surface area (Å²) in [6, 6.07) is 3.93. The Bertz CT molecular complexity index is 974. The molecule has 0 aliphatic heterocycles. The Morgan fingerprint density at radius 2 is 2.11 bits per heavy atom. The van der Waals surface area contributed by atoms with Crippen molar-refractivity contribution in [2.75, 3.05) is 10.6 Å². The summed E-state index contributed by atoms with van der Waals surface area (Å²) in [5, 5.41) is 8.04. The largest absolute Gasteiger partial charge is 0.364 e. The first-order valence-electron chi connectivity index (χ1n) is 8.78. The Kier molecular flexibility index (Phi) is 4.82. The molecule has 27 heavy (non-hydrogen) atoms. The molecule has 0 bridgehead atoms. The second-order valence-corrected chi connectivity index (χ2v) is 7.30. The number of fused-ring (bicyclic) bond motifs is 1. The second-order valence-electron chi connectivity index (χ2n) is 6.53. The quantitative estimate of drug-likeness (QED) is 0.523. The van der Waals surface area contributed by atoms with Crippen LogP contribution < -0.4 is 22.1 Å². The number of hydrogen-bond donors (Lipinski definition) is 4. The van der Waals surface area contributed by atoms with Crippen LogP contribution in [0.4, 0.5) is 16.6 Å². The molecule has 2 atom stereocenters. The zero-order valence-electron chi connectivity index (χ0n) is 14.6. The number of primary amides is 1. The van der Waals surface area contributed by atoms with Crippen molar-refractivity contribution in [2.24, 2.45) is 11.5 Å². The zero-order chi connectivity index (χ0) is 18.8. The highest BCUT2D eigenvalue weighted by atomic mass is 32.1. The van der Waals surface area contributed by atoms with Gasteiger partial charge in [0.15, 0.2) is 17.2 Å². The Labute approximate surface area is 159 Å². The van der Waals surface area contributed by atoms with Crippen molar-refractivity contribution in [2.45, 2.75) is 37.8 Å². The highest BCUT2D eigenvalue weighted by Crippen LogP contribution is 2.30. The van der Waals surface area contributed by atoms with Gasteiger partial charge in [0.05, 0.1) is 11.6 Å². The van der Waals surface area contributed by atoms with Crippen molar-refractivity contribution in [1.82, 2.24) is 19.3 Å². The van der Waals surface area contributed by atoms with E-state index in [1.165, 1.54) is 17.7 Å².